The fourth-order valence-electron chi connectivity index (χ4n) is 4.84. The minimum atomic E-state index is -0.197. The lowest BCUT2D eigenvalue weighted by molar-refractivity contribution is 0.0748. The van der Waals surface area contributed by atoms with Crippen LogP contribution in [0.15, 0.2) is 30.3 Å². The maximum atomic E-state index is 13.4. The second-order valence-corrected chi connectivity index (χ2v) is 9.12. The summed E-state index contributed by atoms with van der Waals surface area (Å²) in [5, 5.41) is 27.6. The Bertz CT molecular complexity index is 1240. The molecule has 0 saturated carbocycles. The first-order chi connectivity index (χ1) is 16.6. The number of unbranched alkanes of at least 4 members (excludes halogenated alkanes) is 1. The highest BCUT2D eigenvalue weighted by atomic mass is 16.5. The number of rotatable bonds is 7. The lowest BCUT2D eigenvalue weighted by atomic mass is 10.1. The number of hydrogen-bond donors (Lipinski definition) is 2. The van der Waals surface area contributed by atoms with Crippen LogP contribution in [0.25, 0.3) is 10.9 Å². The Morgan fingerprint density at radius 3 is 2.79 bits per heavy atom. The van der Waals surface area contributed by atoms with Crippen molar-refractivity contribution in [2.75, 3.05) is 19.7 Å². The third kappa shape index (κ3) is 4.57. The summed E-state index contributed by atoms with van der Waals surface area (Å²) in [6, 6.07) is 11.3. The number of aromatic hydroxyl groups is 1. The van der Waals surface area contributed by atoms with E-state index in [9.17, 15) is 9.90 Å². The van der Waals surface area contributed by atoms with Crippen LogP contribution in [0.4, 0.5) is 0 Å². The summed E-state index contributed by atoms with van der Waals surface area (Å²) in [7, 11) is 0. The van der Waals surface area contributed by atoms with E-state index in [1.807, 2.05) is 18.2 Å². The highest BCUT2D eigenvalue weighted by Crippen LogP contribution is 2.32. The first-order valence-corrected chi connectivity index (χ1v) is 12.0. The predicted octanol–water partition coefficient (Wildman–Crippen LogP) is 4.09. The number of nitrogens with zero attached hydrogens (tertiary/aromatic N) is 4. The summed E-state index contributed by atoms with van der Waals surface area (Å²) in [4.78, 5) is 17.5. The highest BCUT2D eigenvalue weighted by Gasteiger charge is 2.27. The van der Waals surface area contributed by atoms with Gasteiger partial charge in [0.05, 0.1) is 29.5 Å². The number of likely N-dealkylation sites (tertiary alicyclic amines) is 1. The van der Waals surface area contributed by atoms with Gasteiger partial charge in [0.2, 0.25) is 0 Å². The molecule has 0 spiro atoms. The molecule has 0 unspecified atom stereocenters. The number of aromatic nitrogens is 2. The van der Waals surface area contributed by atoms with Gasteiger partial charge in [0, 0.05) is 37.5 Å². The van der Waals surface area contributed by atoms with Crippen LogP contribution < -0.4 is 4.74 Å². The molecule has 0 atom stereocenters. The molecule has 176 valence electrons. The Morgan fingerprint density at radius 2 is 1.97 bits per heavy atom. The minimum absolute atomic E-state index is 0.0388. The summed E-state index contributed by atoms with van der Waals surface area (Å²) in [5.74, 6) is 0.511. The second-order valence-electron chi connectivity index (χ2n) is 9.12. The van der Waals surface area contributed by atoms with Crippen molar-refractivity contribution in [1.29, 1.82) is 5.26 Å². The predicted molar refractivity (Wildman–Crippen MR) is 127 cm³/mol. The molecule has 2 aliphatic rings. The van der Waals surface area contributed by atoms with Crippen LogP contribution in [0.5, 0.6) is 11.5 Å². The van der Waals surface area contributed by atoms with Crippen molar-refractivity contribution in [3.8, 4) is 17.6 Å². The van der Waals surface area contributed by atoms with Crippen LogP contribution in [0, 0.1) is 11.3 Å². The van der Waals surface area contributed by atoms with Crippen LogP contribution in [-0.2, 0) is 19.6 Å². The van der Waals surface area contributed by atoms with E-state index in [0.29, 0.717) is 38.1 Å². The number of phenols is 1. The molecule has 1 fully saturated rings. The highest BCUT2D eigenvalue weighted by molar-refractivity contribution is 6.01. The molecule has 1 saturated heterocycles. The van der Waals surface area contributed by atoms with Gasteiger partial charge in [0.15, 0.2) is 0 Å². The minimum Gasteiger partial charge on any atom is -0.507 e. The number of amides is 1. The normalized spacial score (nSPS) is 15.9. The number of piperidine rings is 1. The van der Waals surface area contributed by atoms with Crippen LogP contribution >= 0.6 is 0 Å². The molecule has 5 rings (SSSR count). The molecule has 0 radical (unpaired) electrons. The molecular formula is C26H29N5O3. The van der Waals surface area contributed by atoms with Gasteiger partial charge in [0.1, 0.15) is 11.5 Å². The molecule has 2 aromatic carbocycles. The Hall–Kier alpha value is -3.57. The molecule has 1 amide bonds. The summed E-state index contributed by atoms with van der Waals surface area (Å²) in [6.45, 7) is 4.32. The molecule has 8 heteroatoms. The van der Waals surface area contributed by atoms with Gasteiger partial charge in [-0.1, -0.05) is 12.5 Å². The SMILES string of the molecule is N#CCCCOc1ccc2c(c1)CN(C(=O)c1cc3c(CN4CCCCC4)n[nH]c3cc1O)C2. The maximum Gasteiger partial charge on any atom is 0.258 e. The molecular weight excluding hydrogens is 430 g/mol. The van der Waals surface area contributed by atoms with Gasteiger partial charge in [-0.15, -0.1) is 0 Å². The van der Waals surface area contributed by atoms with Gasteiger partial charge in [-0.05, 0) is 61.7 Å². The van der Waals surface area contributed by atoms with Crippen LogP contribution in [0.2, 0.25) is 0 Å². The number of aromatic amines is 1. The first kappa shape index (κ1) is 22.2. The summed E-state index contributed by atoms with van der Waals surface area (Å²) >= 11 is 0. The van der Waals surface area contributed by atoms with E-state index >= 15 is 0 Å². The molecule has 8 nitrogen and oxygen atoms in total. The van der Waals surface area contributed by atoms with Gasteiger partial charge < -0.3 is 14.7 Å². The van der Waals surface area contributed by atoms with Crippen LogP contribution in [-0.4, -0.2) is 50.7 Å². The molecule has 0 aliphatic carbocycles. The lowest BCUT2D eigenvalue weighted by Gasteiger charge is -2.25. The van der Waals surface area contributed by atoms with Crippen molar-refractivity contribution in [3.05, 3.63) is 52.7 Å². The number of carbonyl (C=O) groups excluding carboxylic acids is 1. The van der Waals surface area contributed by atoms with E-state index in [4.69, 9.17) is 10.00 Å². The molecule has 1 aromatic heterocycles. The Labute approximate surface area is 198 Å². The number of nitriles is 1. The van der Waals surface area contributed by atoms with Crippen molar-refractivity contribution in [1.82, 2.24) is 20.0 Å². The molecule has 3 heterocycles. The van der Waals surface area contributed by atoms with Crippen LogP contribution in [0.3, 0.4) is 0 Å². The van der Waals surface area contributed by atoms with E-state index < -0.39 is 0 Å². The van der Waals surface area contributed by atoms with Crippen molar-refractivity contribution in [3.63, 3.8) is 0 Å². The number of benzene rings is 2. The van der Waals surface area contributed by atoms with E-state index in [1.165, 1.54) is 19.3 Å². The second kappa shape index (κ2) is 9.74. The number of hydrogen-bond acceptors (Lipinski definition) is 6. The van der Waals surface area contributed by atoms with Crippen molar-refractivity contribution in [2.24, 2.45) is 0 Å². The van der Waals surface area contributed by atoms with E-state index in [-0.39, 0.29) is 11.7 Å². The number of fused-ring (bicyclic) bond motifs is 2. The number of nitrogens with one attached hydrogen (secondary N) is 1. The average molecular weight is 460 g/mol. The largest absolute Gasteiger partial charge is 0.507 e. The summed E-state index contributed by atoms with van der Waals surface area (Å²) in [5.41, 5.74) is 4.07. The van der Waals surface area contributed by atoms with Gasteiger partial charge in [-0.25, -0.2) is 0 Å². The molecule has 3 aromatic rings. The third-order valence-electron chi connectivity index (χ3n) is 6.70. The molecule has 2 N–H and O–H groups in total. The smallest absolute Gasteiger partial charge is 0.258 e. The standard InChI is InChI=1S/C26H29N5O3/c27-8-2-5-11-34-20-7-6-18-15-31(16-19(18)12-20)26(33)22-13-21-23(14-25(22)32)28-29-24(21)17-30-9-3-1-4-10-30/h6-7,12-14,32H,1-5,9-11,15-17H2,(H,28,29). The van der Waals surface area contributed by atoms with E-state index in [0.717, 1.165) is 53.1 Å². The number of carbonyl (C=O) groups is 1. The number of ether oxygens (including phenoxy) is 1. The number of H-pyrrole nitrogens is 1. The third-order valence-corrected chi connectivity index (χ3v) is 6.70. The lowest BCUT2D eigenvalue weighted by Crippen LogP contribution is -2.29. The van der Waals surface area contributed by atoms with E-state index in [2.05, 4.69) is 21.2 Å². The molecule has 2 aliphatic heterocycles. The molecule has 0 bridgehead atoms. The summed E-state index contributed by atoms with van der Waals surface area (Å²) in [6.07, 6.45) is 4.84. The monoisotopic (exact) mass is 459 g/mol. The van der Waals surface area contributed by atoms with Crippen molar-refractivity contribution >= 4 is 16.8 Å². The fraction of sp³-hybridized carbons (Fsp3) is 0.423. The topological polar surface area (TPSA) is 105 Å². The first-order valence-electron chi connectivity index (χ1n) is 12.0. The maximum absolute atomic E-state index is 13.4. The summed E-state index contributed by atoms with van der Waals surface area (Å²) < 4.78 is 5.74. The Balaban J connectivity index is 1.32. The van der Waals surface area contributed by atoms with Gasteiger partial charge in [-0.3, -0.25) is 14.8 Å². The van der Waals surface area contributed by atoms with Gasteiger partial charge in [0.25, 0.3) is 5.91 Å². The fourth-order valence-corrected chi connectivity index (χ4v) is 4.84. The number of phenolic OH excluding ortho intramolecular Hbond substituents is 1. The van der Waals surface area contributed by atoms with Crippen molar-refractivity contribution < 1.29 is 14.6 Å². The van der Waals surface area contributed by atoms with Gasteiger partial charge in [-0.2, -0.15) is 10.4 Å². The van der Waals surface area contributed by atoms with Crippen LogP contribution in [0.1, 0.15) is 59.3 Å². The zero-order valence-corrected chi connectivity index (χ0v) is 19.2. The zero-order chi connectivity index (χ0) is 23.5. The quantitative estimate of drug-likeness (QED) is 0.516. The zero-order valence-electron chi connectivity index (χ0n) is 19.2. The van der Waals surface area contributed by atoms with Gasteiger partial charge >= 0.3 is 0 Å². The average Bonchev–Trinajstić information content (AvgIpc) is 3.45. The molecule has 34 heavy (non-hydrogen) atoms. The Morgan fingerprint density at radius 1 is 1.15 bits per heavy atom. The van der Waals surface area contributed by atoms with E-state index in [1.54, 1.807) is 17.0 Å². The van der Waals surface area contributed by atoms with Crippen molar-refractivity contribution in [2.45, 2.75) is 51.7 Å². The Kier molecular flexibility index (Phi) is 6.37.